The van der Waals surface area contributed by atoms with Gasteiger partial charge < -0.3 is 9.88 Å². The van der Waals surface area contributed by atoms with E-state index in [4.69, 9.17) is 0 Å². The van der Waals surface area contributed by atoms with E-state index in [9.17, 15) is 18.0 Å². The van der Waals surface area contributed by atoms with Crippen molar-refractivity contribution in [3.63, 3.8) is 0 Å². The smallest absolute Gasteiger partial charge is 0.348 e. The fraction of sp³-hybridized carbons (Fsp3) is 0.464. The van der Waals surface area contributed by atoms with Gasteiger partial charge in [0.1, 0.15) is 0 Å². The lowest BCUT2D eigenvalue weighted by molar-refractivity contribution is -0.183. The molecule has 1 saturated carbocycles. The molecule has 2 aromatic carbocycles. The number of thioether (sulfide) groups is 1. The number of nitrogens with one attached hydrogen (secondary N) is 1. The van der Waals surface area contributed by atoms with Crippen LogP contribution in [0.5, 0.6) is 0 Å². The Morgan fingerprint density at radius 1 is 1.03 bits per heavy atom. The van der Waals surface area contributed by atoms with Gasteiger partial charge in [-0.3, -0.25) is 4.79 Å². The van der Waals surface area contributed by atoms with Gasteiger partial charge in [-0.1, -0.05) is 19.1 Å². The molecular formula is C28H33F3N2OS. The number of amides is 1. The van der Waals surface area contributed by atoms with Gasteiger partial charge in [-0.2, -0.15) is 13.2 Å². The molecule has 0 radical (unpaired) electrons. The van der Waals surface area contributed by atoms with E-state index >= 15 is 0 Å². The normalized spacial score (nSPS) is 18.7. The van der Waals surface area contributed by atoms with E-state index in [0.717, 1.165) is 40.9 Å². The average molecular weight is 503 g/mol. The molecule has 1 aliphatic carbocycles. The largest absolute Gasteiger partial charge is 0.391 e. The second kappa shape index (κ2) is 11.1. The molecule has 1 aromatic heterocycles. The molecule has 0 unspecified atom stereocenters. The van der Waals surface area contributed by atoms with Crippen molar-refractivity contribution in [2.45, 2.75) is 70.1 Å². The number of fused-ring (bicyclic) bond motifs is 1. The van der Waals surface area contributed by atoms with Crippen LogP contribution in [0.2, 0.25) is 0 Å². The Kier molecular flexibility index (Phi) is 8.15. The van der Waals surface area contributed by atoms with Crippen molar-refractivity contribution in [2.24, 2.45) is 11.8 Å². The standard InChI is InChI=1S/C28H33F3N2OS/c1-3-33-24(15-19-5-10-23(11-6-19)28(29,30)31)17-22-16-21(9-14-26(22)33)27(34)32-18-20-7-12-25(13-8-20)35-4-2/h7-9,12-14,16-17,19,23H,3-6,10-11,15,18H2,1-2H3,(H,32,34). The van der Waals surface area contributed by atoms with Gasteiger partial charge in [-0.05, 0) is 92.7 Å². The molecule has 1 heterocycles. The van der Waals surface area contributed by atoms with E-state index in [0.29, 0.717) is 24.9 Å². The first-order valence-electron chi connectivity index (χ1n) is 12.5. The van der Waals surface area contributed by atoms with Crippen LogP contribution in [0.3, 0.4) is 0 Å². The fourth-order valence-electron chi connectivity index (χ4n) is 5.16. The number of halogens is 3. The van der Waals surface area contributed by atoms with Crippen LogP contribution in [0.4, 0.5) is 13.2 Å². The highest BCUT2D eigenvalue weighted by Crippen LogP contribution is 2.40. The molecule has 4 rings (SSSR count). The van der Waals surface area contributed by atoms with E-state index in [1.165, 1.54) is 4.90 Å². The van der Waals surface area contributed by atoms with Gasteiger partial charge in [-0.15, -0.1) is 11.8 Å². The van der Waals surface area contributed by atoms with Gasteiger partial charge in [0.15, 0.2) is 0 Å². The van der Waals surface area contributed by atoms with Gasteiger partial charge in [0.05, 0.1) is 5.92 Å². The van der Waals surface area contributed by atoms with Crippen molar-refractivity contribution < 1.29 is 18.0 Å². The van der Waals surface area contributed by atoms with E-state index in [1.54, 1.807) is 11.8 Å². The van der Waals surface area contributed by atoms with E-state index in [2.05, 4.69) is 41.9 Å². The quantitative estimate of drug-likeness (QED) is 0.322. The number of nitrogens with zero attached hydrogens (tertiary/aromatic N) is 1. The van der Waals surface area contributed by atoms with E-state index in [-0.39, 0.29) is 24.7 Å². The fourth-order valence-corrected chi connectivity index (χ4v) is 5.82. The summed E-state index contributed by atoms with van der Waals surface area (Å²) in [6, 6.07) is 16.1. The maximum atomic E-state index is 13.0. The number of carbonyl (C=O) groups is 1. The van der Waals surface area contributed by atoms with Crippen molar-refractivity contribution in [3.05, 3.63) is 65.4 Å². The SMILES string of the molecule is CCSc1ccc(CNC(=O)c2ccc3c(c2)cc(CC2CCC(C(F)(F)F)CC2)n3CC)cc1. The molecule has 3 nitrogen and oxygen atoms in total. The van der Waals surface area contributed by atoms with Gasteiger partial charge in [0, 0.05) is 40.1 Å². The predicted molar refractivity (Wildman–Crippen MR) is 137 cm³/mol. The molecule has 0 bridgehead atoms. The molecule has 0 spiro atoms. The van der Waals surface area contributed by atoms with E-state index in [1.807, 2.05) is 30.3 Å². The Bertz CT molecular complexity index is 1150. The number of hydrogen-bond donors (Lipinski definition) is 1. The monoisotopic (exact) mass is 502 g/mol. The number of aryl methyl sites for hydroxylation is 1. The highest BCUT2D eigenvalue weighted by Gasteiger charge is 2.41. The lowest BCUT2D eigenvalue weighted by Gasteiger charge is -2.30. The van der Waals surface area contributed by atoms with Gasteiger partial charge >= 0.3 is 6.18 Å². The molecule has 0 aliphatic heterocycles. The second-order valence-electron chi connectivity index (χ2n) is 9.38. The van der Waals surface area contributed by atoms with Crippen LogP contribution in [-0.2, 0) is 19.5 Å². The summed E-state index contributed by atoms with van der Waals surface area (Å²) >= 11 is 1.79. The zero-order valence-corrected chi connectivity index (χ0v) is 21.1. The number of alkyl halides is 3. The molecule has 1 fully saturated rings. The summed E-state index contributed by atoms with van der Waals surface area (Å²) < 4.78 is 41.3. The van der Waals surface area contributed by atoms with Crippen molar-refractivity contribution in [3.8, 4) is 0 Å². The second-order valence-corrected chi connectivity index (χ2v) is 10.7. The van der Waals surface area contributed by atoms with Crippen LogP contribution in [0.1, 0.15) is 61.1 Å². The van der Waals surface area contributed by atoms with Crippen LogP contribution in [0.25, 0.3) is 10.9 Å². The molecule has 1 aliphatic rings. The summed E-state index contributed by atoms with van der Waals surface area (Å²) in [5.41, 5.74) is 3.87. The first-order valence-corrected chi connectivity index (χ1v) is 13.5. The Balaban J connectivity index is 1.42. The summed E-state index contributed by atoms with van der Waals surface area (Å²) in [5.74, 6) is 0.0347. The molecule has 0 atom stereocenters. The zero-order chi connectivity index (χ0) is 25.0. The Labute approximate surface area is 209 Å². The molecule has 35 heavy (non-hydrogen) atoms. The highest BCUT2D eigenvalue weighted by atomic mass is 32.2. The predicted octanol–water partition coefficient (Wildman–Crippen LogP) is 7.61. The van der Waals surface area contributed by atoms with Crippen LogP contribution < -0.4 is 5.32 Å². The van der Waals surface area contributed by atoms with Crippen molar-refractivity contribution >= 4 is 28.6 Å². The topological polar surface area (TPSA) is 34.0 Å². The Morgan fingerprint density at radius 2 is 1.74 bits per heavy atom. The van der Waals surface area contributed by atoms with Gasteiger partial charge in [0.25, 0.3) is 5.91 Å². The van der Waals surface area contributed by atoms with E-state index < -0.39 is 12.1 Å². The molecule has 188 valence electrons. The number of rotatable bonds is 8. The van der Waals surface area contributed by atoms with Gasteiger partial charge in [0.2, 0.25) is 0 Å². The van der Waals surface area contributed by atoms with Crippen molar-refractivity contribution in [1.82, 2.24) is 9.88 Å². The van der Waals surface area contributed by atoms with Crippen molar-refractivity contribution in [1.29, 1.82) is 0 Å². The maximum absolute atomic E-state index is 13.0. The first-order chi connectivity index (χ1) is 16.8. The lowest BCUT2D eigenvalue weighted by Crippen LogP contribution is -2.28. The Morgan fingerprint density at radius 3 is 2.37 bits per heavy atom. The minimum atomic E-state index is -4.07. The maximum Gasteiger partial charge on any atom is 0.391 e. The summed E-state index contributed by atoms with van der Waals surface area (Å²) in [4.78, 5) is 14.0. The molecule has 1 amide bonds. The third kappa shape index (κ3) is 6.24. The molecule has 7 heteroatoms. The van der Waals surface area contributed by atoms with Crippen LogP contribution in [-0.4, -0.2) is 22.4 Å². The third-order valence-electron chi connectivity index (χ3n) is 7.06. The number of hydrogen-bond acceptors (Lipinski definition) is 2. The molecule has 0 saturated heterocycles. The van der Waals surface area contributed by atoms with Crippen LogP contribution in [0.15, 0.2) is 53.4 Å². The summed E-state index contributed by atoms with van der Waals surface area (Å²) in [6.07, 6.45) is -1.61. The molecular weight excluding hydrogens is 469 g/mol. The highest BCUT2D eigenvalue weighted by molar-refractivity contribution is 7.99. The summed E-state index contributed by atoms with van der Waals surface area (Å²) in [6.45, 7) is 5.45. The first kappa shape index (κ1) is 25.7. The summed E-state index contributed by atoms with van der Waals surface area (Å²) in [5, 5.41) is 4.00. The zero-order valence-electron chi connectivity index (χ0n) is 20.3. The van der Waals surface area contributed by atoms with Crippen molar-refractivity contribution in [2.75, 3.05) is 5.75 Å². The average Bonchev–Trinajstić information content (AvgIpc) is 3.19. The Hall–Kier alpha value is -2.41. The third-order valence-corrected chi connectivity index (χ3v) is 7.95. The summed E-state index contributed by atoms with van der Waals surface area (Å²) in [7, 11) is 0. The van der Waals surface area contributed by atoms with Crippen LogP contribution >= 0.6 is 11.8 Å². The minimum absolute atomic E-state index is 0.116. The van der Waals surface area contributed by atoms with Gasteiger partial charge in [-0.25, -0.2) is 0 Å². The van der Waals surface area contributed by atoms with Crippen LogP contribution in [0, 0.1) is 11.8 Å². The number of benzene rings is 2. The minimum Gasteiger partial charge on any atom is -0.348 e. The number of carbonyl (C=O) groups excluding carboxylic acids is 1. The molecule has 3 aromatic rings. The molecule has 1 N–H and O–H groups in total. The number of aromatic nitrogens is 1. The lowest BCUT2D eigenvalue weighted by atomic mass is 9.79.